The summed E-state index contributed by atoms with van der Waals surface area (Å²) in [6.45, 7) is 0. The molecule has 0 spiro atoms. The van der Waals surface area contributed by atoms with Gasteiger partial charge in [0.1, 0.15) is 0 Å². The number of hydrogen-bond acceptors (Lipinski definition) is 9. The fourth-order valence-corrected chi connectivity index (χ4v) is 18.4. The van der Waals surface area contributed by atoms with Gasteiger partial charge in [0, 0.05) is 162 Å². The summed E-state index contributed by atoms with van der Waals surface area (Å²) >= 11 is 0. The molecule has 9 heterocycles. The molecule has 26 rings (SSSR count). The predicted molar refractivity (Wildman–Crippen MR) is 565 cm³/mol. The minimum absolute atomic E-state index is 0. The van der Waals surface area contributed by atoms with Gasteiger partial charge in [0.05, 0.1) is 56.1 Å². The van der Waals surface area contributed by atoms with E-state index in [2.05, 4.69) is 420 Å². The number of benzene rings is 17. The minimum Gasteiger partial charge on any atom is -0.305 e. The second kappa shape index (κ2) is 38.3. The largest absolute Gasteiger partial charge is 0.305 e. The molecule has 0 saturated heterocycles. The fourth-order valence-electron chi connectivity index (χ4n) is 18.4. The zero-order valence-electron chi connectivity index (χ0n) is 74.2. The standard InChI is InChI=1S/C45H27N3.C39H27N3.C32H20N2.C11H8N.Ir/c1-4-10-37-28(7-1)13-16-31-19-22-40(46-43(31)37)34-25-35(41-23-20-32-17-14-29-8-2-5-11-38(29)44(32)47-41)27-36(26-34)42-24-21-33-18-15-30-9-3-6-12-39(30)45(33)48-42;1-7-28(34-13-4-16-40-25-34)19-31(10-1)37-22-38(32-11-2-8-29(20-32)35-14-5-17-41-26-35)24-39(23-37)33-12-3-9-30(21-33)36-15-6-18-42-27-36;1-3-10-27-21(6-1)12-14-23-16-18-29(33-31(23)27)25-8-5-9-26(20-25)30-19-17-24-15-13-22-7-2-4-11-28(22)32(24)34-30;1-2-6-10(7-3-1)11-8-4-5-9-12-11;/h1-27H;1-27H;1-20H;1-6,8-9H;/q;;;-1;. The van der Waals surface area contributed by atoms with Crippen LogP contribution in [0.1, 0.15) is 0 Å². The van der Waals surface area contributed by atoms with E-state index >= 15 is 0 Å². The van der Waals surface area contributed by atoms with Gasteiger partial charge in [-0.1, -0.05) is 315 Å². The molecule has 0 atom stereocenters. The van der Waals surface area contributed by atoms with Crippen molar-refractivity contribution in [1.29, 1.82) is 0 Å². The van der Waals surface area contributed by atoms with Crippen molar-refractivity contribution in [2.45, 2.75) is 0 Å². The summed E-state index contributed by atoms with van der Waals surface area (Å²) in [5.41, 5.74) is 30.7. The Morgan fingerprint density at radius 1 is 0.153 bits per heavy atom. The van der Waals surface area contributed by atoms with Crippen molar-refractivity contribution >= 4 is 108 Å². The number of rotatable bonds is 12. The molecule has 0 saturated carbocycles. The first kappa shape index (κ1) is 84.9. The summed E-state index contributed by atoms with van der Waals surface area (Å²) < 4.78 is 0. The van der Waals surface area contributed by atoms with Gasteiger partial charge >= 0.3 is 0 Å². The molecule has 137 heavy (non-hydrogen) atoms. The maximum atomic E-state index is 5.28. The second-order valence-corrected chi connectivity index (χ2v) is 33.9. The van der Waals surface area contributed by atoms with E-state index in [-0.39, 0.29) is 20.1 Å². The van der Waals surface area contributed by atoms with Crippen LogP contribution in [0.5, 0.6) is 0 Å². The Hall–Kier alpha value is -17.7. The van der Waals surface area contributed by atoms with E-state index in [1.165, 1.54) is 37.7 Å². The summed E-state index contributed by atoms with van der Waals surface area (Å²) in [5.74, 6) is 0. The van der Waals surface area contributed by atoms with Gasteiger partial charge in [-0.05, 0) is 198 Å². The van der Waals surface area contributed by atoms with Gasteiger partial charge in [0.2, 0.25) is 0 Å². The van der Waals surface area contributed by atoms with E-state index in [9.17, 15) is 0 Å². The maximum absolute atomic E-state index is 5.28. The van der Waals surface area contributed by atoms with Gasteiger partial charge in [-0.15, -0.1) is 35.9 Å². The van der Waals surface area contributed by atoms with Crippen molar-refractivity contribution < 1.29 is 20.1 Å². The molecule has 0 aliphatic heterocycles. The fraction of sp³-hybridized carbons (Fsp3) is 0. The summed E-state index contributed by atoms with van der Waals surface area (Å²) in [5, 5.41) is 17.5. The van der Waals surface area contributed by atoms with Crippen LogP contribution in [0.2, 0.25) is 0 Å². The van der Waals surface area contributed by atoms with Crippen LogP contribution in [0.4, 0.5) is 0 Å². The van der Waals surface area contributed by atoms with Crippen LogP contribution in [0.25, 0.3) is 243 Å². The number of nitrogens with zero attached hydrogens (tertiary/aromatic N) is 9. The molecule has 0 N–H and O–H groups in total. The molecule has 0 aliphatic rings. The molecule has 0 aliphatic carbocycles. The maximum Gasteiger partial charge on any atom is 0.0787 e. The van der Waals surface area contributed by atoms with Crippen LogP contribution >= 0.6 is 0 Å². The summed E-state index contributed by atoms with van der Waals surface area (Å²) in [6.07, 6.45) is 12.9. The first-order chi connectivity index (χ1) is 67.3. The normalized spacial score (nSPS) is 11.2. The Morgan fingerprint density at radius 2 is 0.394 bits per heavy atom. The zero-order chi connectivity index (χ0) is 90.5. The van der Waals surface area contributed by atoms with E-state index in [0.717, 1.165) is 205 Å². The van der Waals surface area contributed by atoms with Crippen LogP contribution < -0.4 is 0 Å². The molecule has 26 aromatic rings. The van der Waals surface area contributed by atoms with Gasteiger partial charge in [-0.25, -0.2) is 24.9 Å². The molecule has 10 heteroatoms. The molecule has 0 unspecified atom stereocenters. The molecule has 0 bridgehead atoms. The minimum atomic E-state index is 0. The monoisotopic (exact) mass is 1930 g/mol. The van der Waals surface area contributed by atoms with Crippen molar-refractivity contribution in [3.8, 4) is 134 Å². The molecule has 9 aromatic heterocycles. The Balaban J connectivity index is 0.000000113. The molecule has 1 radical (unpaired) electrons. The summed E-state index contributed by atoms with van der Waals surface area (Å²) in [6, 6.07) is 162. The average Bonchev–Trinajstić information content (AvgIpc) is 0.760. The van der Waals surface area contributed by atoms with Crippen molar-refractivity contribution in [3.63, 3.8) is 0 Å². The van der Waals surface area contributed by atoms with Crippen LogP contribution in [0.15, 0.2) is 498 Å². The smallest absolute Gasteiger partial charge is 0.0787 e. The third-order valence-electron chi connectivity index (χ3n) is 25.4. The van der Waals surface area contributed by atoms with Crippen molar-refractivity contribution in [2.75, 3.05) is 0 Å². The predicted octanol–water partition coefficient (Wildman–Crippen LogP) is 32.6. The van der Waals surface area contributed by atoms with Gasteiger partial charge in [0.15, 0.2) is 0 Å². The first-order valence-corrected chi connectivity index (χ1v) is 45.6. The molecular weight excluding hydrogens is 1840 g/mol. The van der Waals surface area contributed by atoms with E-state index < -0.39 is 0 Å². The number of pyridine rings is 9. The van der Waals surface area contributed by atoms with Crippen LogP contribution in [0, 0.1) is 6.07 Å². The molecule has 0 amide bonds. The molecule has 0 fully saturated rings. The van der Waals surface area contributed by atoms with E-state index in [0.29, 0.717) is 0 Å². The third kappa shape index (κ3) is 17.9. The van der Waals surface area contributed by atoms with Gasteiger partial charge in [-0.2, -0.15) is 0 Å². The van der Waals surface area contributed by atoms with Gasteiger partial charge in [0.25, 0.3) is 0 Å². The molecule has 9 nitrogen and oxygen atoms in total. The van der Waals surface area contributed by atoms with Gasteiger partial charge in [-0.3, -0.25) is 15.0 Å². The number of aromatic nitrogens is 9. The first-order valence-electron chi connectivity index (χ1n) is 45.6. The van der Waals surface area contributed by atoms with Crippen LogP contribution in [0.3, 0.4) is 0 Å². The van der Waals surface area contributed by atoms with E-state index in [4.69, 9.17) is 24.9 Å². The van der Waals surface area contributed by atoms with Crippen LogP contribution in [-0.4, -0.2) is 44.9 Å². The summed E-state index contributed by atoms with van der Waals surface area (Å²) in [7, 11) is 0. The SMILES string of the molecule is [Ir].[c-]1ccccc1-c1ccccn1.c1cc(-c2ccc3ccc4ccccc4c3n2)cc(-c2ccc3ccc4ccccc4c3n2)c1.c1ccc2c(c1)ccc1ccc(-c3cc(-c4ccc5ccc6ccccc6c5n4)cc(-c4ccc5ccc6ccccc6c5n4)c3)nc12.c1cncc(-c2cccc(-c3cc(-c4cccc(-c5cccnc5)c4)cc(-c4cccc(-c5cccnc5)c4)c3)c2)c1. The topological polar surface area (TPSA) is 116 Å². The molecular formula is C127H82IrN9-. The van der Waals surface area contributed by atoms with Gasteiger partial charge < -0.3 is 4.98 Å². The Bertz CT molecular complexity index is 8250. The quantitative estimate of drug-likeness (QED) is 0.0871. The van der Waals surface area contributed by atoms with Crippen molar-refractivity contribution in [1.82, 2.24) is 44.9 Å². The van der Waals surface area contributed by atoms with Crippen LogP contribution in [-0.2, 0) is 20.1 Å². The number of fused-ring (bicyclic) bond motifs is 15. The third-order valence-corrected chi connectivity index (χ3v) is 25.4. The number of hydrogen-bond donors (Lipinski definition) is 0. The van der Waals surface area contributed by atoms with Crippen molar-refractivity contribution in [3.05, 3.63) is 504 Å². The van der Waals surface area contributed by atoms with E-state index in [1.54, 1.807) is 6.20 Å². The second-order valence-electron chi connectivity index (χ2n) is 33.9. The zero-order valence-corrected chi connectivity index (χ0v) is 76.6. The molecule has 645 valence electrons. The van der Waals surface area contributed by atoms with Crippen molar-refractivity contribution in [2.24, 2.45) is 0 Å². The Labute approximate surface area is 806 Å². The molecule has 17 aromatic carbocycles. The van der Waals surface area contributed by atoms with E-state index in [1.807, 2.05) is 97.8 Å². The summed E-state index contributed by atoms with van der Waals surface area (Å²) in [4.78, 5) is 43.2. The average molecular weight is 1930 g/mol. The Morgan fingerprint density at radius 3 is 0.679 bits per heavy atom. The Kier molecular flexibility index (Phi) is 23.7.